The van der Waals surface area contributed by atoms with Crippen molar-refractivity contribution in [2.75, 3.05) is 4.90 Å². The number of thiocarbonyl (C=S) groups is 1. The van der Waals surface area contributed by atoms with Crippen LogP contribution in [0.1, 0.15) is 0 Å². The van der Waals surface area contributed by atoms with Gasteiger partial charge in [-0.1, -0.05) is 66.8 Å². The Morgan fingerprint density at radius 3 is 1.73 bits per heavy atom. The molecule has 1 heterocycles. The first-order valence-corrected chi connectivity index (χ1v) is 9.38. The zero-order chi connectivity index (χ0) is 17.8. The summed E-state index contributed by atoms with van der Waals surface area (Å²) in [6.45, 7) is 0. The molecule has 0 aliphatic carbocycles. The van der Waals surface area contributed by atoms with Crippen molar-refractivity contribution in [3.63, 3.8) is 0 Å². The Bertz CT molecular complexity index is 968. The molecule has 1 fully saturated rings. The van der Waals surface area contributed by atoms with E-state index < -0.39 is 0 Å². The first-order chi connectivity index (χ1) is 12.8. The number of aliphatic imine (C=N–C) groups is 2. The molecule has 26 heavy (non-hydrogen) atoms. The predicted octanol–water partition coefficient (Wildman–Crippen LogP) is 5.99. The van der Waals surface area contributed by atoms with Gasteiger partial charge in [0.05, 0.1) is 11.4 Å². The number of para-hydroxylation sites is 3. The highest BCUT2D eigenvalue weighted by atomic mass is 32.2. The van der Waals surface area contributed by atoms with Crippen molar-refractivity contribution in [1.29, 1.82) is 0 Å². The summed E-state index contributed by atoms with van der Waals surface area (Å²) in [7, 11) is 0. The monoisotopic (exact) mass is 373 g/mol. The van der Waals surface area contributed by atoms with Crippen molar-refractivity contribution in [3.05, 3.63) is 91.0 Å². The van der Waals surface area contributed by atoms with Gasteiger partial charge in [0, 0.05) is 5.69 Å². The van der Waals surface area contributed by atoms with E-state index in [1.54, 1.807) is 0 Å². The summed E-state index contributed by atoms with van der Waals surface area (Å²) in [5, 5.41) is 0.800. The van der Waals surface area contributed by atoms with Crippen LogP contribution in [0.25, 0.3) is 0 Å². The van der Waals surface area contributed by atoms with Gasteiger partial charge in [0.2, 0.25) is 0 Å². The number of nitrogens with zero attached hydrogens (tertiary/aromatic N) is 3. The third-order valence-electron chi connectivity index (χ3n) is 3.76. The Morgan fingerprint density at radius 2 is 1.15 bits per heavy atom. The van der Waals surface area contributed by atoms with Gasteiger partial charge in [0.15, 0.2) is 10.2 Å². The standard InChI is InChI=1S/C21H15N3S2/c25-21-24(18-14-8-3-9-15-18)19(22-16-10-4-1-5-11-16)20(26-21)23-17-12-6-2-7-13-17/h1-15H. The summed E-state index contributed by atoms with van der Waals surface area (Å²) in [5.74, 6) is 0.751. The minimum Gasteiger partial charge on any atom is -0.277 e. The summed E-state index contributed by atoms with van der Waals surface area (Å²) in [6, 6.07) is 29.8. The molecule has 5 heteroatoms. The fraction of sp³-hybridized carbons (Fsp3) is 0. The molecular weight excluding hydrogens is 358 g/mol. The molecule has 4 rings (SSSR count). The van der Waals surface area contributed by atoms with Crippen molar-refractivity contribution in [2.24, 2.45) is 9.98 Å². The number of benzene rings is 3. The molecule has 126 valence electrons. The van der Waals surface area contributed by atoms with Gasteiger partial charge in [-0.25, -0.2) is 9.98 Å². The maximum absolute atomic E-state index is 5.64. The van der Waals surface area contributed by atoms with Crippen molar-refractivity contribution in [1.82, 2.24) is 0 Å². The molecule has 1 aliphatic rings. The van der Waals surface area contributed by atoms with E-state index in [4.69, 9.17) is 22.2 Å². The average Bonchev–Trinajstić information content (AvgIpc) is 2.99. The van der Waals surface area contributed by atoms with Gasteiger partial charge < -0.3 is 0 Å². The molecule has 0 bridgehead atoms. The summed E-state index contributed by atoms with van der Waals surface area (Å²) in [4.78, 5) is 11.6. The van der Waals surface area contributed by atoms with Gasteiger partial charge in [-0.3, -0.25) is 4.90 Å². The lowest BCUT2D eigenvalue weighted by molar-refractivity contribution is 1.42. The summed E-state index contributed by atoms with van der Waals surface area (Å²) in [5.41, 5.74) is 2.74. The lowest BCUT2D eigenvalue weighted by atomic mass is 10.3. The van der Waals surface area contributed by atoms with Crippen molar-refractivity contribution in [3.8, 4) is 0 Å². The highest BCUT2D eigenvalue weighted by molar-refractivity contribution is 8.35. The zero-order valence-electron chi connectivity index (χ0n) is 13.8. The first kappa shape index (κ1) is 16.7. The van der Waals surface area contributed by atoms with E-state index in [9.17, 15) is 0 Å². The minimum atomic E-state index is 0.723. The molecule has 1 aliphatic heterocycles. The molecule has 0 N–H and O–H groups in total. The Balaban J connectivity index is 1.83. The second kappa shape index (κ2) is 7.64. The molecule has 0 atom stereocenters. The number of anilines is 1. The number of amidine groups is 1. The smallest absolute Gasteiger partial charge is 0.172 e. The van der Waals surface area contributed by atoms with E-state index >= 15 is 0 Å². The van der Waals surface area contributed by atoms with E-state index in [2.05, 4.69) is 0 Å². The highest BCUT2D eigenvalue weighted by Gasteiger charge is 2.33. The summed E-state index contributed by atoms with van der Waals surface area (Å²) >= 11 is 7.10. The molecule has 0 saturated carbocycles. The number of rotatable bonds is 3. The van der Waals surface area contributed by atoms with Crippen LogP contribution >= 0.6 is 24.0 Å². The minimum absolute atomic E-state index is 0.723. The van der Waals surface area contributed by atoms with Crippen molar-refractivity contribution < 1.29 is 0 Å². The topological polar surface area (TPSA) is 28.0 Å². The first-order valence-electron chi connectivity index (χ1n) is 8.16. The second-order valence-electron chi connectivity index (χ2n) is 5.56. The van der Waals surface area contributed by atoms with Crippen molar-refractivity contribution >= 4 is 56.2 Å². The van der Waals surface area contributed by atoms with Crippen LogP contribution in [0.4, 0.5) is 17.1 Å². The Kier molecular flexibility index (Phi) is 4.91. The van der Waals surface area contributed by atoms with Gasteiger partial charge in [0.25, 0.3) is 0 Å². The van der Waals surface area contributed by atoms with Crippen LogP contribution in [0.3, 0.4) is 0 Å². The predicted molar refractivity (Wildman–Crippen MR) is 116 cm³/mol. The number of hydrogen-bond donors (Lipinski definition) is 0. The lowest BCUT2D eigenvalue weighted by Gasteiger charge is -2.17. The van der Waals surface area contributed by atoms with Gasteiger partial charge in [0.1, 0.15) is 5.04 Å². The Morgan fingerprint density at radius 1 is 0.654 bits per heavy atom. The zero-order valence-corrected chi connectivity index (χ0v) is 15.5. The van der Waals surface area contributed by atoms with Crippen LogP contribution in [0.15, 0.2) is 101 Å². The van der Waals surface area contributed by atoms with Gasteiger partial charge in [-0.2, -0.15) is 0 Å². The van der Waals surface area contributed by atoms with Crippen LogP contribution in [0.5, 0.6) is 0 Å². The largest absolute Gasteiger partial charge is 0.277 e. The van der Waals surface area contributed by atoms with Crippen LogP contribution in [-0.4, -0.2) is 15.2 Å². The molecule has 0 spiro atoms. The normalized spacial score (nSPS) is 17.2. The Hall–Kier alpha value is -2.76. The molecule has 3 nitrogen and oxygen atoms in total. The lowest BCUT2D eigenvalue weighted by Crippen LogP contribution is -2.29. The second-order valence-corrected chi connectivity index (χ2v) is 7.19. The molecule has 3 aromatic rings. The third-order valence-corrected chi connectivity index (χ3v) is 5.02. The van der Waals surface area contributed by atoms with Gasteiger partial charge >= 0.3 is 0 Å². The van der Waals surface area contributed by atoms with Gasteiger partial charge in [-0.05, 0) is 48.2 Å². The van der Waals surface area contributed by atoms with E-state index in [1.165, 1.54) is 11.8 Å². The molecule has 0 aromatic heterocycles. The van der Waals surface area contributed by atoms with Crippen LogP contribution in [0.2, 0.25) is 0 Å². The van der Waals surface area contributed by atoms with Crippen molar-refractivity contribution in [2.45, 2.75) is 0 Å². The Labute approximate surface area is 162 Å². The molecular formula is C21H15N3S2. The summed E-state index contributed by atoms with van der Waals surface area (Å²) in [6.07, 6.45) is 0. The maximum Gasteiger partial charge on any atom is 0.172 e. The maximum atomic E-state index is 5.64. The quantitative estimate of drug-likeness (QED) is 0.528. The third kappa shape index (κ3) is 3.59. The van der Waals surface area contributed by atoms with E-state index in [-0.39, 0.29) is 0 Å². The number of thioether (sulfide) groups is 1. The molecule has 0 unspecified atom stereocenters. The fourth-order valence-electron chi connectivity index (χ4n) is 2.58. The molecule has 0 radical (unpaired) electrons. The SMILES string of the molecule is S=C1SC(=Nc2ccccc2)C(=Nc2ccccc2)N1c1ccccc1. The van der Waals surface area contributed by atoms with Crippen LogP contribution < -0.4 is 4.90 Å². The summed E-state index contributed by atoms with van der Waals surface area (Å²) < 4.78 is 0.723. The van der Waals surface area contributed by atoms with Crippen LogP contribution in [0, 0.1) is 0 Å². The van der Waals surface area contributed by atoms with E-state index in [0.717, 1.165) is 32.3 Å². The van der Waals surface area contributed by atoms with Crippen LogP contribution in [-0.2, 0) is 0 Å². The highest BCUT2D eigenvalue weighted by Crippen LogP contribution is 2.32. The van der Waals surface area contributed by atoms with E-state index in [1.807, 2.05) is 95.9 Å². The molecule has 0 amide bonds. The fourth-order valence-corrected chi connectivity index (χ4v) is 3.83. The number of hydrogen-bond acceptors (Lipinski definition) is 4. The molecule has 1 saturated heterocycles. The molecule has 3 aromatic carbocycles. The average molecular weight is 374 g/mol. The van der Waals surface area contributed by atoms with E-state index in [0.29, 0.717) is 0 Å². The van der Waals surface area contributed by atoms with Gasteiger partial charge in [-0.15, -0.1) is 0 Å².